The fourth-order valence-electron chi connectivity index (χ4n) is 3.30. The van der Waals surface area contributed by atoms with E-state index in [4.69, 9.17) is 4.74 Å². The maximum absolute atomic E-state index is 12.8. The van der Waals surface area contributed by atoms with Crippen molar-refractivity contribution in [2.75, 3.05) is 6.61 Å². The van der Waals surface area contributed by atoms with E-state index >= 15 is 0 Å². The summed E-state index contributed by atoms with van der Waals surface area (Å²) < 4.78 is 6.82. The molecule has 0 fully saturated rings. The number of amides is 1. The highest BCUT2D eigenvalue weighted by molar-refractivity contribution is 5.95. The van der Waals surface area contributed by atoms with E-state index in [1.165, 1.54) is 0 Å². The smallest absolute Gasteiger partial charge is 0.338 e. The minimum atomic E-state index is -0.607. The number of benzene rings is 1. The van der Waals surface area contributed by atoms with E-state index in [2.05, 4.69) is 10.3 Å². The maximum Gasteiger partial charge on any atom is 0.338 e. The minimum Gasteiger partial charge on any atom is -0.452 e. The molecule has 1 amide bonds. The van der Waals surface area contributed by atoms with Gasteiger partial charge < -0.3 is 10.1 Å². The Morgan fingerprint density at radius 1 is 1.22 bits per heavy atom. The average molecular weight is 371 g/mol. The van der Waals surface area contributed by atoms with Crippen molar-refractivity contribution in [3.8, 4) is 0 Å². The molecule has 144 valence electrons. The lowest BCUT2D eigenvalue weighted by Gasteiger charge is -2.16. The number of carbonyl (C=O) groups excluding carboxylic acids is 2. The molecule has 0 saturated carbocycles. The van der Waals surface area contributed by atoms with Crippen LogP contribution in [0.25, 0.3) is 10.9 Å². The summed E-state index contributed by atoms with van der Waals surface area (Å²) in [5.74, 6) is -0.185. The molecule has 0 bridgehead atoms. The van der Waals surface area contributed by atoms with Crippen LogP contribution in [0.1, 0.15) is 55.7 Å². The third kappa shape index (κ3) is 4.53. The Bertz CT molecular complexity index is 917. The first-order chi connectivity index (χ1) is 13.0. The van der Waals surface area contributed by atoms with Crippen LogP contribution in [0.3, 0.4) is 0 Å². The number of rotatable bonds is 4. The number of nitrogens with zero attached hydrogens (tertiary/aromatic N) is 2. The van der Waals surface area contributed by atoms with Crippen molar-refractivity contribution < 1.29 is 14.3 Å². The summed E-state index contributed by atoms with van der Waals surface area (Å²) >= 11 is 0. The SMILES string of the molecule is CC(C)NC(=O)COC(=O)c1ccc2c(=O)n3c(nc2c1)CCCCCC3. The largest absolute Gasteiger partial charge is 0.452 e. The van der Waals surface area contributed by atoms with Crippen LogP contribution < -0.4 is 10.9 Å². The summed E-state index contributed by atoms with van der Waals surface area (Å²) in [7, 11) is 0. The molecule has 1 aliphatic rings. The summed E-state index contributed by atoms with van der Waals surface area (Å²) in [6, 6.07) is 4.71. The van der Waals surface area contributed by atoms with Crippen molar-refractivity contribution in [3.05, 3.63) is 39.9 Å². The van der Waals surface area contributed by atoms with Gasteiger partial charge in [-0.05, 0) is 44.9 Å². The van der Waals surface area contributed by atoms with Gasteiger partial charge in [-0.1, -0.05) is 12.8 Å². The second-order valence-electron chi connectivity index (χ2n) is 7.18. The van der Waals surface area contributed by atoms with Crippen LogP contribution in [0.2, 0.25) is 0 Å². The molecule has 2 aromatic rings. The predicted octanol–water partition coefficient (Wildman–Crippen LogP) is 2.19. The second kappa shape index (κ2) is 8.33. The predicted molar refractivity (Wildman–Crippen MR) is 102 cm³/mol. The fourth-order valence-corrected chi connectivity index (χ4v) is 3.30. The van der Waals surface area contributed by atoms with Crippen LogP contribution >= 0.6 is 0 Å². The number of aromatic nitrogens is 2. The Labute approximate surface area is 157 Å². The van der Waals surface area contributed by atoms with E-state index in [1.807, 2.05) is 13.8 Å². The lowest BCUT2D eigenvalue weighted by molar-refractivity contribution is -0.124. The van der Waals surface area contributed by atoms with E-state index in [-0.39, 0.29) is 29.7 Å². The van der Waals surface area contributed by atoms with Crippen molar-refractivity contribution in [3.63, 3.8) is 0 Å². The number of esters is 1. The zero-order chi connectivity index (χ0) is 19.4. The standard InChI is InChI=1S/C20H25N3O4/c1-13(2)21-18(24)12-27-20(26)14-8-9-15-16(11-14)22-17-7-5-3-4-6-10-23(17)19(15)25/h8-9,11,13H,3-7,10,12H2,1-2H3,(H,21,24). The summed E-state index contributed by atoms with van der Waals surface area (Å²) in [6.07, 6.45) is 5.00. The van der Waals surface area contributed by atoms with Crippen LogP contribution in [-0.2, 0) is 22.5 Å². The third-order valence-electron chi connectivity index (χ3n) is 4.59. The molecule has 7 heteroatoms. The highest BCUT2D eigenvalue weighted by Crippen LogP contribution is 2.16. The number of nitrogens with one attached hydrogen (secondary N) is 1. The van der Waals surface area contributed by atoms with Crippen LogP contribution in [0.4, 0.5) is 0 Å². The first-order valence-corrected chi connectivity index (χ1v) is 9.45. The summed E-state index contributed by atoms with van der Waals surface area (Å²) in [4.78, 5) is 41.3. The molecule has 0 atom stereocenters. The van der Waals surface area contributed by atoms with E-state index in [0.29, 0.717) is 17.4 Å². The summed E-state index contributed by atoms with van der Waals surface area (Å²) in [6.45, 7) is 4.01. The highest BCUT2D eigenvalue weighted by atomic mass is 16.5. The van der Waals surface area contributed by atoms with E-state index in [0.717, 1.165) is 37.9 Å². The second-order valence-corrected chi connectivity index (χ2v) is 7.18. The molecule has 1 N–H and O–H groups in total. The molecule has 2 heterocycles. The van der Waals surface area contributed by atoms with Crippen molar-refractivity contribution in [1.82, 2.24) is 14.9 Å². The van der Waals surface area contributed by atoms with Gasteiger partial charge in [-0.15, -0.1) is 0 Å². The normalized spacial score (nSPS) is 14.3. The lowest BCUT2D eigenvalue weighted by Crippen LogP contribution is -2.34. The molecular weight excluding hydrogens is 346 g/mol. The number of carbonyl (C=O) groups is 2. The molecule has 7 nitrogen and oxygen atoms in total. The number of aryl methyl sites for hydroxylation is 1. The fraction of sp³-hybridized carbons (Fsp3) is 0.500. The first-order valence-electron chi connectivity index (χ1n) is 9.45. The Hall–Kier alpha value is -2.70. The lowest BCUT2D eigenvalue weighted by atomic mass is 10.1. The van der Waals surface area contributed by atoms with Gasteiger partial charge in [0.05, 0.1) is 16.5 Å². The maximum atomic E-state index is 12.8. The van der Waals surface area contributed by atoms with Gasteiger partial charge in [-0.25, -0.2) is 9.78 Å². The molecule has 0 spiro atoms. The summed E-state index contributed by atoms with van der Waals surface area (Å²) in [5, 5.41) is 3.15. The van der Waals surface area contributed by atoms with Gasteiger partial charge in [0.2, 0.25) is 0 Å². The Morgan fingerprint density at radius 3 is 2.78 bits per heavy atom. The van der Waals surface area contributed by atoms with Crippen molar-refractivity contribution in [2.24, 2.45) is 0 Å². The van der Waals surface area contributed by atoms with Crippen LogP contribution in [0.5, 0.6) is 0 Å². The van der Waals surface area contributed by atoms with Gasteiger partial charge >= 0.3 is 5.97 Å². The van der Waals surface area contributed by atoms with Crippen LogP contribution in [0.15, 0.2) is 23.0 Å². The van der Waals surface area contributed by atoms with Gasteiger partial charge in [0.15, 0.2) is 6.61 Å². The molecule has 1 aromatic heterocycles. The zero-order valence-corrected chi connectivity index (χ0v) is 15.8. The van der Waals surface area contributed by atoms with Gasteiger partial charge in [-0.3, -0.25) is 14.2 Å². The molecule has 1 aromatic carbocycles. The Balaban J connectivity index is 1.84. The number of hydrogen-bond acceptors (Lipinski definition) is 5. The molecule has 0 aliphatic carbocycles. The molecule has 0 unspecified atom stereocenters. The minimum absolute atomic E-state index is 0.0199. The molecular formula is C20H25N3O4. The number of ether oxygens (including phenoxy) is 1. The van der Waals surface area contributed by atoms with E-state index in [1.54, 1.807) is 22.8 Å². The highest BCUT2D eigenvalue weighted by Gasteiger charge is 2.16. The van der Waals surface area contributed by atoms with E-state index < -0.39 is 5.97 Å². The zero-order valence-electron chi connectivity index (χ0n) is 15.8. The van der Waals surface area contributed by atoms with Gasteiger partial charge in [0, 0.05) is 19.0 Å². The quantitative estimate of drug-likeness (QED) is 0.832. The average Bonchev–Trinajstić information content (AvgIpc) is 2.60. The van der Waals surface area contributed by atoms with Crippen LogP contribution in [-0.4, -0.2) is 34.1 Å². The van der Waals surface area contributed by atoms with E-state index in [9.17, 15) is 14.4 Å². The van der Waals surface area contributed by atoms with Crippen molar-refractivity contribution in [2.45, 2.75) is 58.5 Å². The molecule has 1 aliphatic heterocycles. The Kier molecular flexibility index (Phi) is 5.88. The van der Waals surface area contributed by atoms with Crippen molar-refractivity contribution in [1.29, 1.82) is 0 Å². The molecule has 27 heavy (non-hydrogen) atoms. The summed E-state index contributed by atoms with van der Waals surface area (Å²) in [5.41, 5.74) is 0.712. The molecule has 0 saturated heterocycles. The number of fused-ring (bicyclic) bond motifs is 2. The van der Waals surface area contributed by atoms with Gasteiger partial charge in [0.1, 0.15) is 5.82 Å². The third-order valence-corrected chi connectivity index (χ3v) is 4.59. The van der Waals surface area contributed by atoms with Gasteiger partial charge in [0.25, 0.3) is 11.5 Å². The molecule has 3 rings (SSSR count). The Morgan fingerprint density at radius 2 is 2.00 bits per heavy atom. The van der Waals surface area contributed by atoms with Crippen LogP contribution in [0, 0.1) is 0 Å². The topological polar surface area (TPSA) is 90.3 Å². The van der Waals surface area contributed by atoms with Crippen molar-refractivity contribution >= 4 is 22.8 Å². The number of hydrogen-bond donors (Lipinski definition) is 1. The first kappa shape index (κ1) is 19.1. The monoisotopic (exact) mass is 371 g/mol. The van der Waals surface area contributed by atoms with Gasteiger partial charge in [-0.2, -0.15) is 0 Å². The molecule has 0 radical (unpaired) electrons.